The monoisotopic (exact) mass is 975 g/mol. The van der Waals surface area contributed by atoms with Gasteiger partial charge in [0.25, 0.3) is 5.91 Å². The van der Waals surface area contributed by atoms with Crippen LogP contribution in [0.25, 0.3) is 10.4 Å². The number of thiazole rings is 1. The second kappa shape index (κ2) is 30.5. The van der Waals surface area contributed by atoms with Crippen molar-refractivity contribution in [3.63, 3.8) is 0 Å². The molecular formula is C52H78N8O8S. The highest BCUT2D eigenvalue weighted by atomic mass is 32.1. The number of hydrogen-bond acceptors (Lipinski definition) is 12. The molecule has 3 aromatic rings. The molecule has 3 amide bonds. The van der Waals surface area contributed by atoms with E-state index in [0.717, 1.165) is 56.2 Å². The lowest BCUT2D eigenvalue weighted by Crippen LogP contribution is -2.59. The summed E-state index contributed by atoms with van der Waals surface area (Å²) in [5.74, 6) is -1.04. The molecule has 1 aliphatic heterocycles. The number of nitrogens with one attached hydrogen (secondary N) is 2. The molecule has 1 fully saturated rings. The fraction of sp³-hybridized carbons (Fsp3) is 0.635. The van der Waals surface area contributed by atoms with Gasteiger partial charge < -0.3 is 34.5 Å². The molecule has 2 N–H and O–H groups in total. The van der Waals surface area contributed by atoms with Gasteiger partial charge in [0.05, 0.1) is 18.6 Å². The van der Waals surface area contributed by atoms with Gasteiger partial charge in [-0.1, -0.05) is 102 Å². The van der Waals surface area contributed by atoms with Crippen LogP contribution < -0.4 is 15.4 Å². The largest absolute Gasteiger partial charge is 0.494 e. The van der Waals surface area contributed by atoms with Gasteiger partial charge in [0, 0.05) is 48.6 Å². The Morgan fingerprint density at radius 3 is 2.38 bits per heavy atom. The summed E-state index contributed by atoms with van der Waals surface area (Å²) in [5, 5.41) is 12.3. The van der Waals surface area contributed by atoms with Gasteiger partial charge in [-0.05, 0) is 106 Å². The predicted octanol–water partition coefficient (Wildman–Crippen LogP) is 9.44. The molecule has 0 radical (unpaired) electrons. The van der Waals surface area contributed by atoms with Gasteiger partial charge in [-0.15, -0.1) is 11.3 Å². The number of hydrogen-bond donors (Lipinski definition) is 2. The van der Waals surface area contributed by atoms with Crippen molar-refractivity contribution in [1.82, 2.24) is 25.4 Å². The molecule has 2 heterocycles. The topological polar surface area (TPSA) is 197 Å². The number of carbonyl (C=O) groups is 4. The molecule has 4 rings (SSSR count). The number of ether oxygens (including phenoxy) is 4. The van der Waals surface area contributed by atoms with Gasteiger partial charge in [0.1, 0.15) is 41.9 Å². The molecule has 380 valence electrons. The number of unbranched alkanes of at least 4 members (excludes halogenated alkanes) is 1. The number of nitrogens with zero attached hydrogens (tertiary/aromatic N) is 6. The molecule has 1 aromatic heterocycles. The Morgan fingerprint density at radius 1 is 0.957 bits per heavy atom. The molecule has 0 aliphatic carbocycles. The molecule has 1 saturated heterocycles. The second-order valence-corrected chi connectivity index (χ2v) is 19.4. The van der Waals surface area contributed by atoms with Crippen LogP contribution >= 0.6 is 11.3 Å². The average molecular weight is 975 g/mol. The van der Waals surface area contributed by atoms with Crippen LogP contribution in [-0.4, -0.2) is 109 Å². The van der Waals surface area contributed by atoms with Crippen molar-refractivity contribution in [3.05, 3.63) is 92.2 Å². The minimum Gasteiger partial charge on any atom is -0.494 e. The summed E-state index contributed by atoms with van der Waals surface area (Å²) >= 11 is 1.33. The number of piperidine rings is 1. The Hall–Kier alpha value is -5.06. The van der Waals surface area contributed by atoms with Crippen molar-refractivity contribution >= 4 is 35.0 Å². The number of likely N-dealkylation sites (N-methyl/N-ethyl adjacent to an activating group) is 1. The van der Waals surface area contributed by atoms with Crippen molar-refractivity contribution in [2.75, 3.05) is 46.7 Å². The summed E-state index contributed by atoms with van der Waals surface area (Å²) < 4.78 is 24.1. The molecule has 0 unspecified atom stereocenters. The van der Waals surface area contributed by atoms with Crippen LogP contribution in [0, 0.1) is 17.8 Å². The zero-order valence-electron chi connectivity index (χ0n) is 42.3. The standard InChI is InChI=1S/C52H78N8O8S/c1-9-28-67-46(32-45(36(4)5)60(35-65-11-3)51(63)47(37(6)10-2)57-49(62)44-21-15-17-27-59(44)8)50-56-43(34-69-50)48(61)55-41(30-38(7)52(64)68-33-40-19-13-12-14-20-40)31-39-22-24-42(25-23-39)66-29-18-16-26-54-58-53/h12-14,19-20,22-25,34,36-38,41,44-47H,9-11,15-18,21,26-33,35H2,1-8H3,(H,55,61)(H,57,62)/t37-,38-,41+,44+,45+,46+,47-/m0/s1. The van der Waals surface area contributed by atoms with E-state index in [9.17, 15) is 19.2 Å². The van der Waals surface area contributed by atoms with E-state index in [4.69, 9.17) is 29.5 Å². The van der Waals surface area contributed by atoms with Crippen LogP contribution in [0.3, 0.4) is 0 Å². The zero-order valence-corrected chi connectivity index (χ0v) is 43.1. The summed E-state index contributed by atoms with van der Waals surface area (Å²) in [6, 6.07) is 15.3. The zero-order chi connectivity index (χ0) is 50.1. The molecule has 2 aromatic carbocycles. The summed E-state index contributed by atoms with van der Waals surface area (Å²) in [6.07, 6.45) is 6.29. The molecule has 0 bridgehead atoms. The van der Waals surface area contributed by atoms with Crippen LogP contribution in [0.15, 0.2) is 65.1 Å². The molecule has 1 aliphatic rings. The van der Waals surface area contributed by atoms with E-state index in [-0.39, 0.29) is 66.6 Å². The second-order valence-electron chi connectivity index (χ2n) is 18.5. The van der Waals surface area contributed by atoms with E-state index in [1.807, 2.05) is 89.3 Å². The number of carbonyl (C=O) groups excluding carboxylic acids is 4. The van der Waals surface area contributed by atoms with Crippen LogP contribution in [0.4, 0.5) is 0 Å². The lowest BCUT2D eigenvalue weighted by Gasteiger charge is -2.40. The number of aromatic nitrogens is 1. The summed E-state index contributed by atoms with van der Waals surface area (Å²) in [4.78, 5) is 67.6. The lowest BCUT2D eigenvalue weighted by molar-refractivity contribution is -0.150. The highest BCUT2D eigenvalue weighted by Crippen LogP contribution is 2.32. The highest BCUT2D eigenvalue weighted by molar-refractivity contribution is 7.09. The van der Waals surface area contributed by atoms with E-state index in [0.29, 0.717) is 62.8 Å². The minimum absolute atomic E-state index is 0.0271. The molecule has 0 spiro atoms. The Bertz CT molecular complexity index is 2050. The van der Waals surface area contributed by atoms with Gasteiger partial charge in [-0.25, -0.2) is 4.98 Å². The third-order valence-corrected chi connectivity index (χ3v) is 13.7. The van der Waals surface area contributed by atoms with Crippen LogP contribution in [0.5, 0.6) is 5.75 Å². The quantitative estimate of drug-likeness (QED) is 0.0156. The molecule has 69 heavy (non-hydrogen) atoms. The Morgan fingerprint density at radius 2 is 1.71 bits per heavy atom. The summed E-state index contributed by atoms with van der Waals surface area (Å²) in [5.41, 5.74) is 10.6. The van der Waals surface area contributed by atoms with Gasteiger partial charge in [0.15, 0.2) is 0 Å². The van der Waals surface area contributed by atoms with E-state index >= 15 is 0 Å². The van der Waals surface area contributed by atoms with Crippen molar-refractivity contribution in [2.24, 2.45) is 22.9 Å². The van der Waals surface area contributed by atoms with E-state index in [2.05, 4.69) is 39.4 Å². The predicted molar refractivity (Wildman–Crippen MR) is 269 cm³/mol. The maximum atomic E-state index is 14.8. The molecule has 17 heteroatoms. The smallest absolute Gasteiger partial charge is 0.309 e. The van der Waals surface area contributed by atoms with Gasteiger partial charge in [-0.3, -0.25) is 24.1 Å². The van der Waals surface area contributed by atoms with Crippen molar-refractivity contribution in [1.29, 1.82) is 0 Å². The summed E-state index contributed by atoms with van der Waals surface area (Å²) in [6.45, 7) is 16.7. The minimum atomic E-state index is -0.746. The first-order valence-electron chi connectivity index (χ1n) is 25.0. The third kappa shape index (κ3) is 18.7. The number of amides is 3. The fourth-order valence-electron chi connectivity index (χ4n) is 8.42. The Kier molecular flexibility index (Phi) is 25.0. The van der Waals surface area contributed by atoms with Crippen LogP contribution in [0.2, 0.25) is 0 Å². The van der Waals surface area contributed by atoms with E-state index < -0.39 is 24.1 Å². The molecule has 16 nitrogen and oxygen atoms in total. The highest BCUT2D eigenvalue weighted by Gasteiger charge is 2.39. The van der Waals surface area contributed by atoms with E-state index in [1.165, 1.54) is 11.3 Å². The molecule has 0 saturated carbocycles. The van der Waals surface area contributed by atoms with Gasteiger partial charge in [0.2, 0.25) is 11.8 Å². The van der Waals surface area contributed by atoms with Crippen LogP contribution in [-0.2, 0) is 41.6 Å². The van der Waals surface area contributed by atoms with Crippen molar-refractivity contribution in [3.8, 4) is 5.75 Å². The van der Waals surface area contributed by atoms with E-state index in [1.54, 1.807) is 17.2 Å². The Labute approximate surface area is 414 Å². The fourth-order valence-corrected chi connectivity index (χ4v) is 9.28. The first-order valence-corrected chi connectivity index (χ1v) is 25.9. The molecular weight excluding hydrogens is 897 g/mol. The number of azide groups is 1. The van der Waals surface area contributed by atoms with Crippen molar-refractivity contribution < 1.29 is 38.1 Å². The number of rotatable bonds is 31. The normalized spacial score (nSPS) is 16.6. The molecule has 7 atom stereocenters. The van der Waals surface area contributed by atoms with Crippen molar-refractivity contribution in [2.45, 2.75) is 150 Å². The first kappa shape index (κ1) is 56.5. The SMILES string of the molecule is CCCO[C@H](C[C@H](C(C)C)N(COCC)C(=O)[C@@H](NC(=O)[C@H]1CCCCN1C)[C@@H](C)CC)c1nc(C(=O)N[C@@H](Cc2ccc(OCCCCN=[N+]=[N-])cc2)C[C@H](C)C(=O)OCc2ccccc2)cs1. The maximum absolute atomic E-state index is 14.8. The first-order chi connectivity index (χ1) is 33.3. The van der Waals surface area contributed by atoms with Gasteiger partial charge in [-0.2, -0.15) is 0 Å². The third-order valence-electron chi connectivity index (χ3n) is 12.7. The van der Waals surface area contributed by atoms with Crippen LogP contribution in [0.1, 0.15) is 139 Å². The number of likely N-dealkylation sites (tertiary alicyclic amines) is 1. The maximum Gasteiger partial charge on any atom is 0.309 e. The average Bonchev–Trinajstić information content (AvgIpc) is 3.85. The Balaban J connectivity index is 1.55. The number of esters is 1. The lowest BCUT2D eigenvalue weighted by atomic mass is 9.92. The van der Waals surface area contributed by atoms with Gasteiger partial charge >= 0.3 is 5.97 Å². The summed E-state index contributed by atoms with van der Waals surface area (Å²) in [7, 11) is 1.97. The number of benzene rings is 2.